The molecule has 3 aromatic rings. The minimum atomic E-state index is -0.419. The highest BCUT2D eigenvalue weighted by Crippen LogP contribution is 2.31. The van der Waals surface area contributed by atoms with Crippen molar-refractivity contribution in [3.63, 3.8) is 0 Å². The van der Waals surface area contributed by atoms with E-state index in [1.807, 2.05) is 18.2 Å². The van der Waals surface area contributed by atoms with Crippen molar-refractivity contribution in [2.75, 3.05) is 18.0 Å². The fourth-order valence-corrected chi connectivity index (χ4v) is 3.26. The second kappa shape index (κ2) is 6.36. The number of benzene rings is 2. The number of hydrogen-bond donors (Lipinski definition) is 0. The van der Waals surface area contributed by atoms with E-state index in [0.29, 0.717) is 11.7 Å². The molecule has 1 saturated heterocycles. The summed E-state index contributed by atoms with van der Waals surface area (Å²) in [5, 5.41) is 18.0. The van der Waals surface area contributed by atoms with Crippen molar-refractivity contribution in [3.05, 3.63) is 71.7 Å². The van der Waals surface area contributed by atoms with Gasteiger partial charge in [-0.2, -0.15) is 5.26 Å². The molecular weight excluding hydrogens is 317 g/mol. The van der Waals surface area contributed by atoms with Gasteiger partial charge in [-0.15, -0.1) is 15.0 Å². The summed E-state index contributed by atoms with van der Waals surface area (Å²) in [5.41, 5.74) is 1.74. The zero-order valence-corrected chi connectivity index (χ0v) is 13.5. The van der Waals surface area contributed by atoms with Crippen LogP contribution in [0.2, 0.25) is 0 Å². The maximum atomic E-state index is 14.0. The van der Waals surface area contributed by atoms with Crippen LogP contribution in [0.25, 0.3) is 5.69 Å². The second-order valence-electron chi connectivity index (χ2n) is 6.07. The number of rotatable bonds is 3. The van der Waals surface area contributed by atoms with Gasteiger partial charge >= 0.3 is 0 Å². The molecule has 25 heavy (non-hydrogen) atoms. The van der Waals surface area contributed by atoms with Crippen LogP contribution in [0.15, 0.2) is 54.6 Å². The molecular formula is C19H16FN5. The molecule has 1 atom stereocenters. The normalized spacial score (nSPS) is 16.8. The Balaban J connectivity index is 1.63. The maximum absolute atomic E-state index is 14.0. The van der Waals surface area contributed by atoms with Gasteiger partial charge in [-0.25, -0.2) is 4.39 Å². The van der Waals surface area contributed by atoms with Gasteiger partial charge in [0.05, 0.1) is 0 Å². The van der Waals surface area contributed by atoms with E-state index in [-0.39, 0.29) is 11.4 Å². The van der Waals surface area contributed by atoms with Crippen LogP contribution in [-0.2, 0) is 0 Å². The highest BCUT2D eigenvalue weighted by molar-refractivity contribution is 5.52. The Hall–Kier alpha value is -3.20. The zero-order chi connectivity index (χ0) is 17.2. The van der Waals surface area contributed by atoms with Gasteiger partial charge in [-0.1, -0.05) is 42.5 Å². The fourth-order valence-electron chi connectivity index (χ4n) is 3.26. The quantitative estimate of drug-likeness (QED) is 0.738. The topological polar surface area (TPSA) is 57.7 Å². The summed E-state index contributed by atoms with van der Waals surface area (Å²) in [4.78, 5) is 3.26. The molecule has 0 N–H and O–H groups in total. The number of anilines is 1. The summed E-state index contributed by atoms with van der Waals surface area (Å²) in [6.07, 6.45) is 0.988. The predicted octanol–water partition coefficient (Wildman–Crippen LogP) is 3.27. The standard InChI is InChI=1S/C19H16FN5/c20-16-8-4-5-9-18(16)25-22-17(12-21)19(23-25)24-11-10-15(13-24)14-6-2-1-3-7-14/h1-9,15H,10-11,13H2. The number of hydrogen-bond acceptors (Lipinski definition) is 4. The van der Waals surface area contributed by atoms with E-state index >= 15 is 0 Å². The number of nitrogens with zero attached hydrogens (tertiary/aromatic N) is 5. The first-order valence-electron chi connectivity index (χ1n) is 8.18. The van der Waals surface area contributed by atoms with E-state index in [1.54, 1.807) is 18.2 Å². The smallest absolute Gasteiger partial charge is 0.207 e. The Bertz CT molecular complexity index is 928. The largest absolute Gasteiger partial charge is 0.352 e. The van der Waals surface area contributed by atoms with Crippen molar-refractivity contribution in [1.82, 2.24) is 15.0 Å². The van der Waals surface area contributed by atoms with Gasteiger partial charge < -0.3 is 4.90 Å². The third kappa shape index (κ3) is 2.85. The molecule has 1 aliphatic heterocycles. The monoisotopic (exact) mass is 333 g/mol. The number of nitriles is 1. The summed E-state index contributed by atoms with van der Waals surface area (Å²) in [6.45, 7) is 1.57. The lowest BCUT2D eigenvalue weighted by atomic mass is 9.99. The highest BCUT2D eigenvalue weighted by Gasteiger charge is 2.28. The molecule has 1 aromatic heterocycles. The van der Waals surface area contributed by atoms with Crippen LogP contribution in [0.1, 0.15) is 23.6 Å². The molecule has 0 spiro atoms. The van der Waals surface area contributed by atoms with Crippen LogP contribution in [0.4, 0.5) is 10.2 Å². The molecule has 1 fully saturated rings. The summed E-state index contributed by atoms with van der Waals surface area (Å²) in [6, 6.07) is 18.7. The van der Waals surface area contributed by atoms with Crippen LogP contribution >= 0.6 is 0 Å². The highest BCUT2D eigenvalue weighted by atomic mass is 19.1. The van der Waals surface area contributed by atoms with Crippen LogP contribution in [0, 0.1) is 17.1 Å². The summed E-state index contributed by atoms with van der Waals surface area (Å²) >= 11 is 0. The van der Waals surface area contributed by atoms with Gasteiger partial charge in [0.2, 0.25) is 5.69 Å². The van der Waals surface area contributed by atoms with Gasteiger partial charge in [0.15, 0.2) is 11.6 Å². The van der Waals surface area contributed by atoms with Crippen LogP contribution in [0.5, 0.6) is 0 Å². The molecule has 1 aliphatic rings. The van der Waals surface area contributed by atoms with Crippen LogP contribution < -0.4 is 4.90 Å². The Kier molecular flexibility index (Phi) is 3.90. The third-order valence-electron chi connectivity index (χ3n) is 4.53. The average molecular weight is 333 g/mol. The molecule has 4 rings (SSSR count). The zero-order valence-electron chi connectivity index (χ0n) is 13.5. The Labute approximate surface area is 144 Å². The first-order valence-corrected chi connectivity index (χ1v) is 8.18. The Morgan fingerprint density at radius 3 is 2.56 bits per heavy atom. The third-order valence-corrected chi connectivity index (χ3v) is 4.53. The molecule has 5 nitrogen and oxygen atoms in total. The molecule has 2 heterocycles. The lowest BCUT2D eigenvalue weighted by molar-refractivity contribution is 0.596. The minimum absolute atomic E-state index is 0.219. The molecule has 124 valence electrons. The summed E-state index contributed by atoms with van der Waals surface area (Å²) in [5.74, 6) is 0.493. The molecule has 0 radical (unpaired) electrons. The summed E-state index contributed by atoms with van der Waals surface area (Å²) in [7, 11) is 0. The molecule has 2 aromatic carbocycles. The van der Waals surface area contributed by atoms with E-state index in [0.717, 1.165) is 19.5 Å². The lowest BCUT2D eigenvalue weighted by Gasteiger charge is -2.15. The van der Waals surface area contributed by atoms with Gasteiger partial charge in [-0.3, -0.25) is 0 Å². The Morgan fingerprint density at radius 1 is 1.04 bits per heavy atom. The molecule has 6 heteroatoms. The van der Waals surface area contributed by atoms with Crippen LogP contribution in [0.3, 0.4) is 0 Å². The lowest BCUT2D eigenvalue weighted by Crippen LogP contribution is -2.20. The van der Waals surface area contributed by atoms with E-state index in [2.05, 4.69) is 33.3 Å². The van der Waals surface area contributed by atoms with Crippen molar-refractivity contribution in [2.45, 2.75) is 12.3 Å². The number of para-hydroxylation sites is 1. The van der Waals surface area contributed by atoms with E-state index in [4.69, 9.17) is 0 Å². The second-order valence-corrected chi connectivity index (χ2v) is 6.07. The van der Waals surface area contributed by atoms with E-state index < -0.39 is 5.82 Å². The first kappa shape index (κ1) is 15.3. The van der Waals surface area contributed by atoms with Crippen molar-refractivity contribution >= 4 is 5.82 Å². The SMILES string of the molecule is N#Cc1nn(-c2ccccc2F)nc1N1CCC(c2ccccc2)C1. The fraction of sp³-hybridized carbons (Fsp3) is 0.211. The minimum Gasteiger partial charge on any atom is -0.352 e. The number of aromatic nitrogens is 3. The van der Waals surface area contributed by atoms with Crippen LogP contribution in [-0.4, -0.2) is 28.1 Å². The van der Waals surface area contributed by atoms with Gasteiger partial charge in [0, 0.05) is 19.0 Å². The predicted molar refractivity (Wildman–Crippen MR) is 92.0 cm³/mol. The van der Waals surface area contributed by atoms with Crippen molar-refractivity contribution in [1.29, 1.82) is 5.26 Å². The Morgan fingerprint density at radius 2 is 1.80 bits per heavy atom. The first-order chi connectivity index (χ1) is 12.3. The molecule has 0 aliphatic carbocycles. The maximum Gasteiger partial charge on any atom is 0.207 e. The van der Waals surface area contributed by atoms with E-state index in [9.17, 15) is 9.65 Å². The van der Waals surface area contributed by atoms with E-state index in [1.165, 1.54) is 16.4 Å². The van der Waals surface area contributed by atoms with Gasteiger partial charge in [-0.05, 0) is 24.1 Å². The number of halogens is 1. The van der Waals surface area contributed by atoms with Gasteiger partial charge in [0.1, 0.15) is 11.8 Å². The molecule has 1 unspecified atom stereocenters. The van der Waals surface area contributed by atoms with Crippen molar-refractivity contribution in [3.8, 4) is 11.8 Å². The van der Waals surface area contributed by atoms with Crippen molar-refractivity contribution in [2.24, 2.45) is 0 Å². The van der Waals surface area contributed by atoms with Crippen molar-refractivity contribution < 1.29 is 4.39 Å². The molecule has 0 bridgehead atoms. The van der Waals surface area contributed by atoms with Gasteiger partial charge in [0.25, 0.3) is 0 Å². The summed E-state index contributed by atoms with van der Waals surface area (Å²) < 4.78 is 14.0. The average Bonchev–Trinajstić information content (AvgIpc) is 3.29. The molecule has 0 amide bonds. The molecule has 0 saturated carbocycles.